The summed E-state index contributed by atoms with van der Waals surface area (Å²) in [6, 6.07) is 6.67. The number of hydrogen-bond acceptors (Lipinski definition) is 10. The molecule has 2 aromatic heterocycles. The van der Waals surface area contributed by atoms with Gasteiger partial charge in [-0.15, -0.1) is 10.1 Å². The first-order chi connectivity index (χ1) is 16.2. The average molecular weight is 468 g/mol. The third-order valence-corrected chi connectivity index (χ3v) is 6.30. The molecule has 3 aromatic rings. The molecule has 1 N–H and O–H groups in total. The highest BCUT2D eigenvalue weighted by Gasteiger charge is 2.52. The normalized spacial score (nSPS) is 18.1. The van der Waals surface area contributed by atoms with E-state index in [4.69, 9.17) is 4.74 Å². The number of pyridine rings is 2. The van der Waals surface area contributed by atoms with Crippen LogP contribution in [-0.2, 0) is 39.7 Å². The SMILES string of the molecule is CCC1(O)C(=O)OCc2c1c([N+](=O)[O-])c1n(c2=O)Cc2c-1nc1ccccc1c2CO[N+](=O)[O-]. The molecule has 4 heterocycles. The molecule has 0 amide bonds. The van der Waals surface area contributed by atoms with Crippen molar-refractivity contribution in [3.63, 3.8) is 0 Å². The van der Waals surface area contributed by atoms with Gasteiger partial charge in [-0.25, -0.2) is 9.78 Å². The van der Waals surface area contributed by atoms with Gasteiger partial charge in [-0.2, -0.15) is 0 Å². The van der Waals surface area contributed by atoms with Crippen LogP contribution in [-0.4, -0.2) is 30.6 Å². The van der Waals surface area contributed by atoms with Crippen molar-refractivity contribution in [2.45, 2.75) is 38.7 Å². The number of fused-ring (bicyclic) bond motifs is 5. The summed E-state index contributed by atoms with van der Waals surface area (Å²) in [5.74, 6) is -1.08. The molecule has 13 heteroatoms. The zero-order chi connectivity index (χ0) is 24.4. The lowest BCUT2D eigenvalue weighted by atomic mass is 9.84. The van der Waals surface area contributed by atoms with Crippen LogP contribution in [0.25, 0.3) is 22.3 Å². The van der Waals surface area contributed by atoms with Crippen LogP contribution >= 0.6 is 0 Å². The molecule has 0 saturated heterocycles. The van der Waals surface area contributed by atoms with Gasteiger partial charge >= 0.3 is 11.7 Å². The zero-order valence-electron chi connectivity index (χ0n) is 17.6. The standard InChI is InChI=1S/C21H16N4O9/c1-2-21(28)15-13(8-33-20(21)27)19(26)23-7-11-12(9-34-25(31)32)10-5-3-4-6-14(10)22-16(11)18(23)17(15)24(29)30/h3-6,28H,2,7-9H2,1H3. The van der Waals surface area contributed by atoms with Crippen molar-refractivity contribution in [2.75, 3.05) is 0 Å². The third-order valence-electron chi connectivity index (χ3n) is 6.30. The summed E-state index contributed by atoms with van der Waals surface area (Å²) < 4.78 is 6.10. The van der Waals surface area contributed by atoms with E-state index in [0.717, 1.165) is 4.57 Å². The fourth-order valence-electron chi connectivity index (χ4n) is 4.71. The summed E-state index contributed by atoms with van der Waals surface area (Å²) in [6.45, 7) is 0.288. The largest absolute Gasteiger partial charge is 0.458 e. The Bertz CT molecular complexity index is 1500. The summed E-state index contributed by atoms with van der Waals surface area (Å²) in [5.41, 5.74) is -3.35. The molecule has 0 spiro atoms. The second-order valence-corrected chi connectivity index (χ2v) is 7.92. The minimum Gasteiger partial charge on any atom is -0.458 e. The number of esters is 1. The number of nitro groups is 1. The number of cyclic esters (lactones) is 1. The summed E-state index contributed by atoms with van der Waals surface area (Å²) in [7, 11) is 0. The van der Waals surface area contributed by atoms with E-state index < -0.39 is 51.6 Å². The fraction of sp³-hybridized carbons (Fsp3) is 0.286. The van der Waals surface area contributed by atoms with Gasteiger partial charge in [-0.05, 0) is 18.1 Å². The summed E-state index contributed by atoms with van der Waals surface area (Å²) in [6.07, 6.45) is -0.261. The topological polar surface area (TPSA) is 177 Å². The van der Waals surface area contributed by atoms with Crippen LogP contribution in [0.2, 0.25) is 0 Å². The number of ether oxygens (including phenoxy) is 1. The number of aromatic nitrogens is 2. The van der Waals surface area contributed by atoms with Crippen LogP contribution in [0.3, 0.4) is 0 Å². The average Bonchev–Trinajstić information content (AvgIpc) is 3.18. The van der Waals surface area contributed by atoms with Crippen LogP contribution in [0.1, 0.15) is 35.6 Å². The third kappa shape index (κ3) is 2.80. The molecule has 1 aromatic carbocycles. The quantitative estimate of drug-likeness (QED) is 0.257. The first kappa shape index (κ1) is 21.5. The highest BCUT2D eigenvalue weighted by molar-refractivity contribution is 5.92. The fourth-order valence-corrected chi connectivity index (χ4v) is 4.71. The summed E-state index contributed by atoms with van der Waals surface area (Å²) in [5, 5.41) is 33.8. The molecule has 0 fully saturated rings. The lowest BCUT2D eigenvalue weighted by Crippen LogP contribution is -2.45. The van der Waals surface area contributed by atoms with Gasteiger partial charge in [-0.3, -0.25) is 19.5 Å². The maximum Gasteiger partial charge on any atom is 0.343 e. The van der Waals surface area contributed by atoms with E-state index in [2.05, 4.69) is 9.82 Å². The van der Waals surface area contributed by atoms with Crippen LogP contribution in [0, 0.1) is 20.2 Å². The van der Waals surface area contributed by atoms with Crippen molar-refractivity contribution >= 4 is 22.6 Å². The van der Waals surface area contributed by atoms with E-state index in [-0.39, 0.29) is 29.9 Å². The van der Waals surface area contributed by atoms with Crippen molar-refractivity contribution in [2.24, 2.45) is 0 Å². The number of hydrogen-bond donors (Lipinski definition) is 1. The van der Waals surface area contributed by atoms with Crippen molar-refractivity contribution in [1.82, 2.24) is 9.55 Å². The molecule has 1 unspecified atom stereocenters. The number of nitrogens with zero attached hydrogens (tertiary/aromatic N) is 4. The Kier molecular flexibility index (Phi) is 4.61. The number of aliphatic hydroxyl groups is 1. The van der Waals surface area contributed by atoms with Crippen molar-refractivity contribution in [3.05, 3.63) is 77.1 Å². The Morgan fingerprint density at radius 2 is 1.97 bits per heavy atom. The molecular formula is C21H16N4O9. The van der Waals surface area contributed by atoms with Crippen molar-refractivity contribution < 1.29 is 29.5 Å². The van der Waals surface area contributed by atoms with Gasteiger partial charge in [0.15, 0.2) is 5.60 Å². The van der Waals surface area contributed by atoms with Gasteiger partial charge in [-0.1, -0.05) is 25.1 Å². The molecule has 174 valence electrons. The number of carbonyl (C=O) groups excluding carboxylic acids is 1. The monoisotopic (exact) mass is 468 g/mol. The number of rotatable bonds is 5. The molecule has 13 nitrogen and oxygen atoms in total. The van der Waals surface area contributed by atoms with Gasteiger partial charge in [0.1, 0.15) is 18.9 Å². The summed E-state index contributed by atoms with van der Waals surface area (Å²) in [4.78, 5) is 57.4. The minimum absolute atomic E-state index is 0.0599. The molecule has 2 aliphatic rings. The Hall–Kier alpha value is -4.39. The lowest BCUT2D eigenvalue weighted by Gasteiger charge is -2.31. The van der Waals surface area contributed by atoms with Gasteiger partial charge in [0.25, 0.3) is 10.6 Å². The molecule has 1 atom stereocenters. The molecule has 5 rings (SSSR count). The smallest absolute Gasteiger partial charge is 0.343 e. The van der Waals surface area contributed by atoms with E-state index >= 15 is 0 Å². The molecule has 0 aliphatic carbocycles. The van der Waals surface area contributed by atoms with E-state index in [9.17, 15) is 34.9 Å². The Morgan fingerprint density at radius 1 is 1.24 bits per heavy atom. The lowest BCUT2D eigenvalue weighted by molar-refractivity contribution is -0.762. The molecular weight excluding hydrogens is 452 g/mol. The Labute approximate surface area is 189 Å². The molecule has 0 saturated carbocycles. The van der Waals surface area contributed by atoms with E-state index in [1.54, 1.807) is 24.3 Å². The highest BCUT2D eigenvalue weighted by Crippen LogP contribution is 2.47. The number of para-hydroxylation sites is 1. The van der Waals surface area contributed by atoms with Crippen molar-refractivity contribution in [1.29, 1.82) is 0 Å². The molecule has 2 aliphatic heterocycles. The van der Waals surface area contributed by atoms with Crippen molar-refractivity contribution in [3.8, 4) is 11.4 Å². The second kappa shape index (κ2) is 7.31. The first-order valence-corrected chi connectivity index (χ1v) is 10.2. The number of benzene rings is 1. The van der Waals surface area contributed by atoms with Gasteiger partial charge in [0, 0.05) is 10.9 Å². The maximum atomic E-state index is 13.4. The Morgan fingerprint density at radius 3 is 2.65 bits per heavy atom. The van der Waals surface area contributed by atoms with Crippen LogP contribution in [0.5, 0.6) is 0 Å². The van der Waals surface area contributed by atoms with Gasteiger partial charge in [0.05, 0.1) is 33.8 Å². The maximum absolute atomic E-state index is 13.4. The Balaban J connectivity index is 1.90. The number of carbonyl (C=O) groups is 1. The minimum atomic E-state index is -2.39. The second-order valence-electron chi connectivity index (χ2n) is 7.92. The van der Waals surface area contributed by atoms with Crippen LogP contribution in [0.4, 0.5) is 5.69 Å². The predicted octanol–water partition coefficient (Wildman–Crippen LogP) is 1.70. The highest BCUT2D eigenvalue weighted by atomic mass is 16.9. The molecule has 0 radical (unpaired) electrons. The zero-order valence-corrected chi connectivity index (χ0v) is 17.6. The van der Waals surface area contributed by atoms with Gasteiger partial charge < -0.3 is 14.7 Å². The first-order valence-electron chi connectivity index (χ1n) is 10.2. The predicted molar refractivity (Wildman–Crippen MR) is 113 cm³/mol. The van der Waals surface area contributed by atoms with E-state index in [1.165, 1.54) is 6.92 Å². The summed E-state index contributed by atoms with van der Waals surface area (Å²) >= 11 is 0. The van der Waals surface area contributed by atoms with Crippen LogP contribution in [0.15, 0.2) is 29.1 Å². The van der Waals surface area contributed by atoms with Crippen LogP contribution < -0.4 is 5.56 Å². The molecule has 34 heavy (non-hydrogen) atoms. The van der Waals surface area contributed by atoms with E-state index in [1.807, 2.05) is 0 Å². The molecule has 0 bridgehead atoms. The van der Waals surface area contributed by atoms with Gasteiger partial charge in [0.2, 0.25) is 0 Å². The van der Waals surface area contributed by atoms with E-state index in [0.29, 0.717) is 22.0 Å².